The van der Waals surface area contributed by atoms with Gasteiger partial charge >= 0.3 is 0 Å². The monoisotopic (exact) mass is 293 g/mol. The highest BCUT2D eigenvalue weighted by Crippen LogP contribution is 2.33. The second kappa shape index (κ2) is 7.43. The van der Waals surface area contributed by atoms with Gasteiger partial charge in [0.25, 0.3) is 0 Å². The summed E-state index contributed by atoms with van der Waals surface area (Å²) in [6, 6.07) is 2.42. The number of piperazine rings is 1. The lowest BCUT2D eigenvalue weighted by molar-refractivity contribution is 0.0303. The maximum absolute atomic E-state index is 3.80. The van der Waals surface area contributed by atoms with Gasteiger partial charge in [0.05, 0.1) is 0 Å². The minimum Gasteiger partial charge on any atom is -0.313 e. The van der Waals surface area contributed by atoms with E-state index in [9.17, 15) is 0 Å². The quantitative estimate of drug-likeness (QED) is 0.841. The van der Waals surface area contributed by atoms with Crippen LogP contribution in [0.4, 0.5) is 0 Å². The van der Waals surface area contributed by atoms with Gasteiger partial charge in [0.2, 0.25) is 0 Å². The van der Waals surface area contributed by atoms with E-state index in [4.69, 9.17) is 0 Å². The van der Waals surface area contributed by atoms with Crippen molar-refractivity contribution in [3.63, 3.8) is 0 Å². The average Bonchev–Trinajstić information content (AvgIpc) is 2.97. The molecule has 2 saturated heterocycles. The van der Waals surface area contributed by atoms with Crippen molar-refractivity contribution in [3.05, 3.63) is 0 Å². The fourth-order valence-electron chi connectivity index (χ4n) is 5.12. The lowest BCUT2D eigenvalue weighted by atomic mass is 9.79. The normalized spacial score (nSPS) is 38.6. The first-order chi connectivity index (χ1) is 10.3. The predicted molar refractivity (Wildman–Crippen MR) is 89.7 cm³/mol. The van der Waals surface area contributed by atoms with Gasteiger partial charge in [-0.1, -0.05) is 26.7 Å². The van der Waals surface area contributed by atoms with Gasteiger partial charge in [0.15, 0.2) is 0 Å². The predicted octanol–water partition coefficient (Wildman–Crippen LogP) is 2.71. The molecular formula is C18H35N3. The molecule has 3 heteroatoms. The molecule has 4 unspecified atom stereocenters. The lowest BCUT2D eigenvalue weighted by Gasteiger charge is -2.47. The van der Waals surface area contributed by atoms with Crippen LogP contribution in [0.2, 0.25) is 0 Å². The third-order valence-corrected chi connectivity index (χ3v) is 6.18. The molecule has 0 amide bonds. The standard InChI is InChI=1S/C18H35N3/c1-3-6-15-8-9-17(19-4-2)18(13-15)21-12-11-20-10-5-7-16(20)14-21/h15-19H,3-14H2,1-2H3. The number of rotatable bonds is 5. The highest BCUT2D eigenvalue weighted by atomic mass is 15.3. The number of hydrogen-bond acceptors (Lipinski definition) is 3. The molecule has 0 aromatic carbocycles. The molecule has 122 valence electrons. The Morgan fingerprint density at radius 1 is 1.00 bits per heavy atom. The Morgan fingerprint density at radius 3 is 2.67 bits per heavy atom. The summed E-state index contributed by atoms with van der Waals surface area (Å²) in [5, 5.41) is 3.80. The van der Waals surface area contributed by atoms with E-state index in [1.165, 1.54) is 71.1 Å². The molecule has 3 rings (SSSR count). The molecule has 3 fully saturated rings. The van der Waals surface area contributed by atoms with E-state index in [0.717, 1.165) is 30.6 Å². The van der Waals surface area contributed by atoms with Crippen molar-refractivity contribution in [1.29, 1.82) is 0 Å². The van der Waals surface area contributed by atoms with Gasteiger partial charge < -0.3 is 5.32 Å². The van der Waals surface area contributed by atoms with E-state index >= 15 is 0 Å². The van der Waals surface area contributed by atoms with Gasteiger partial charge in [-0.05, 0) is 51.1 Å². The zero-order chi connectivity index (χ0) is 14.7. The maximum atomic E-state index is 3.80. The summed E-state index contributed by atoms with van der Waals surface area (Å²) in [6.07, 6.45) is 9.96. The molecule has 0 aromatic rings. The summed E-state index contributed by atoms with van der Waals surface area (Å²) in [6.45, 7) is 11.1. The molecule has 4 atom stereocenters. The van der Waals surface area contributed by atoms with E-state index in [-0.39, 0.29) is 0 Å². The van der Waals surface area contributed by atoms with Crippen LogP contribution in [0.3, 0.4) is 0 Å². The molecule has 1 N–H and O–H groups in total. The first kappa shape index (κ1) is 15.8. The second-order valence-electron chi connectivity index (χ2n) is 7.53. The molecule has 21 heavy (non-hydrogen) atoms. The van der Waals surface area contributed by atoms with E-state index in [1.54, 1.807) is 0 Å². The third kappa shape index (κ3) is 3.62. The summed E-state index contributed by atoms with van der Waals surface area (Å²) >= 11 is 0. The number of hydrogen-bond donors (Lipinski definition) is 1. The zero-order valence-corrected chi connectivity index (χ0v) is 14.2. The van der Waals surface area contributed by atoms with Gasteiger partial charge in [0.1, 0.15) is 0 Å². The SMILES string of the molecule is CCCC1CCC(NCC)C(N2CCN3CCCC3C2)C1. The van der Waals surface area contributed by atoms with Gasteiger partial charge in [-0.15, -0.1) is 0 Å². The molecular weight excluding hydrogens is 258 g/mol. The van der Waals surface area contributed by atoms with Crippen LogP contribution in [-0.2, 0) is 0 Å². The number of likely N-dealkylation sites (N-methyl/N-ethyl adjacent to an activating group) is 1. The summed E-state index contributed by atoms with van der Waals surface area (Å²) in [4.78, 5) is 5.60. The number of nitrogens with one attached hydrogen (secondary N) is 1. The molecule has 2 heterocycles. The smallest absolute Gasteiger partial charge is 0.0253 e. The minimum atomic E-state index is 0.746. The first-order valence-electron chi connectivity index (χ1n) is 9.53. The summed E-state index contributed by atoms with van der Waals surface area (Å²) in [7, 11) is 0. The van der Waals surface area contributed by atoms with E-state index in [1.807, 2.05) is 0 Å². The molecule has 0 bridgehead atoms. The van der Waals surface area contributed by atoms with Crippen molar-refractivity contribution in [2.75, 3.05) is 32.7 Å². The van der Waals surface area contributed by atoms with Crippen LogP contribution >= 0.6 is 0 Å². The van der Waals surface area contributed by atoms with E-state index in [0.29, 0.717) is 0 Å². The zero-order valence-electron chi connectivity index (χ0n) is 14.2. The number of nitrogens with zero attached hydrogens (tertiary/aromatic N) is 2. The molecule has 1 saturated carbocycles. The molecule has 2 aliphatic heterocycles. The Bertz CT molecular complexity index is 320. The first-order valence-corrected chi connectivity index (χ1v) is 9.53. The van der Waals surface area contributed by atoms with Crippen LogP contribution in [0.25, 0.3) is 0 Å². The topological polar surface area (TPSA) is 18.5 Å². The van der Waals surface area contributed by atoms with Gasteiger partial charge in [-0.25, -0.2) is 0 Å². The Morgan fingerprint density at radius 2 is 1.86 bits per heavy atom. The van der Waals surface area contributed by atoms with E-state index < -0.39 is 0 Å². The van der Waals surface area contributed by atoms with Crippen LogP contribution in [0.1, 0.15) is 58.8 Å². The largest absolute Gasteiger partial charge is 0.313 e. The highest BCUT2D eigenvalue weighted by Gasteiger charge is 2.38. The molecule has 3 nitrogen and oxygen atoms in total. The molecule has 0 radical (unpaired) electrons. The molecule has 0 spiro atoms. The van der Waals surface area contributed by atoms with Gasteiger partial charge in [-0.2, -0.15) is 0 Å². The summed E-state index contributed by atoms with van der Waals surface area (Å²) in [5.74, 6) is 0.983. The fourth-order valence-corrected chi connectivity index (χ4v) is 5.12. The van der Waals surface area contributed by atoms with Crippen LogP contribution < -0.4 is 5.32 Å². The lowest BCUT2D eigenvalue weighted by Crippen LogP contribution is -2.60. The van der Waals surface area contributed by atoms with Crippen LogP contribution in [0, 0.1) is 5.92 Å². The molecule has 3 aliphatic rings. The molecule has 1 aliphatic carbocycles. The second-order valence-corrected chi connectivity index (χ2v) is 7.53. The fraction of sp³-hybridized carbons (Fsp3) is 1.00. The van der Waals surface area contributed by atoms with Crippen molar-refractivity contribution in [2.45, 2.75) is 76.9 Å². The van der Waals surface area contributed by atoms with Crippen molar-refractivity contribution >= 4 is 0 Å². The Kier molecular flexibility index (Phi) is 5.58. The average molecular weight is 293 g/mol. The Labute approximate surface area is 131 Å². The minimum absolute atomic E-state index is 0.746. The number of fused-ring (bicyclic) bond motifs is 1. The van der Waals surface area contributed by atoms with Crippen molar-refractivity contribution < 1.29 is 0 Å². The summed E-state index contributed by atoms with van der Waals surface area (Å²) < 4.78 is 0. The molecule has 0 aromatic heterocycles. The maximum Gasteiger partial charge on any atom is 0.0253 e. The van der Waals surface area contributed by atoms with Crippen molar-refractivity contribution in [2.24, 2.45) is 5.92 Å². The highest BCUT2D eigenvalue weighted by molar-refractivity contribution is 4.96. The van der Waals surface area contributed by atoms with Gasteiger partial charge in [0, 0.05) is 37.8 Å². The summed E-state index contributed by atoms with van der Waals surface area (Å²) in [5.41, 5.74) is 0. The Balaban J connectivity index is 1.63. The van der Waals surface area contributed by atoms with Crippen LogP contribution in [-0.4, -0.2) is 60.6 Å². The van der Waals surface area contributed by atoms with Crippen LogP contribution in [0.5, 0.6) is 0 Å². The van der Waals surface area contributed by atoms with Crippen molar-refractivity contribution in [1.82, 2.24) is 15.1 Å². The van der Waals surface area contributed by atoms with Crippen molar-refractivity contribution in [3.8, 4) is 0 Å². The van der Waals surface area contributed by atoms with Gasteiger partial charge in [-0.3, -0.25) is 9.80 Å². The third-order valence-electron chi connectivity index (χ3n) is 6.18. The van der Waals surface area contributed by atoms with E-state index in [2.05, 4.69) is 29.0 Å². The Hall–Kier alpha value is -0.120. The van der Waals surface area contributed by atoms with Crippen LogP contribution in [0.15, 0.2) is 0 Å².